The standard InChI is InChI=1S/C34H41F3N4O4/c1-6-44-30(42)15-28-26-14-24(12-22(4)32(26)36)31-21(3)11-23(16-38)13-29(31)45-34(5,37)9-7-27(33(43)40-28)39-17-20(2)8-10-41-18-25(35)19-41/h7,9,11,13-14,17,22,25,27-28,39H,6,8,10,12,15,18-19H2,1-5H3,(H,40,43)/b9-7+,20-17+/t22?,27-,28-,34?/m0/s1. The van der Waals surface area contributed by atoms with Crippen LogP contribution in [0.2, 0.25) is 0 Å². The molecule has 45 heavy (non-hydrogen) atoms. The molecule has 8 nitrogen and oxygen atoms in total. The summed E-state index contributed by atoms with van der Waals surface area (Å²) in [6.07, 6.45) is 5.35. The number of allylic oxidation sites excluding steroid dienone is 2. The van der Waals surface area contributed by atoms with Gasteiger partial charge in [0.1, 0.15) is 23.8 Å². The smallest absolute Gasteiger partial charge is 0.308 e. The van der Waals surface area contributed by atoms with Gasteiger partial charge in [0.2, 0.25) is 5.91 Å². The molecule has 4 atom stereocenters. The van der Waals surface area contributed by atoms with Crippen LogP contribution in [0.4, 0.5) is 13.2 Å². The Labute approximate surface area is 262 Å². The molecule has 2 N–H and O–H groups in total. The molecule has 0 radical (unpaired) electrons. The van der Waals surface area contributed by atoms with Crippen LogP contribution in [0.5, 0.6) is 5.75 Å². The van der Waals surface area contributed by atoms with E-state index in [1.54, 1.807) is 39.1 Å². The molecular weight excluding hydrogens is 585 g/mol. The highest BCUT2D eigenvalue weighted by Gasteiger charge is 2.34. The summed E-state index contributed by atoms with van der Waals surface area (Å²) >= 11 is 0. The minimum Gasteiger partial charge on any atom is -0.466 e. The number of nitriles is 1. The summed E-state index contributed by atoms with van der Waals surface area (Å²) in [6, 6.07) is 2.94. The fourth-order valence-corrected chi connectivity index (χ4v) is 5.72. The van der Waals surface area contributed by atoms with E-state index >= 15 is 8.78 Å². The number of amides is 1. The number of halogens is 3. The molecule has 2 aliphatic heterocycles. The van der Waals surface area contributed by atoms with Crippen LogP contribution in [0.1, 0.15) is 63.6 Å². The molecule has 0 aromatic heterocycles. The van der Waals surface area contributed by atoms with Crippen LogP contribution in [0.25, 0.3) is 5.57 Å². The number of esters is 1. The highest BCUT2D eigenvalue weighted by Crippen LogP contribution is 2.43. The van der Waals surface area contributed by atoms with Crippen molar-refractivity contribution in [2.24, 2.45) is 5.92 Å². The average molecular weight is 627 g/mol. The van der Waals surface area contributed by atoms with E-state index in [0.717, 1.165) is 11.6 Å². The van der Waals surface area contributed by atoms with Crippen molar-refractivity contribution in [3.05, 3.63) is 70.2 Å². The minimum absolute atomic E-state index is 0.101. The van der Waals surface area contributed by atoms with Gasteiger partial charge < -0.3 is 20.1 Å². The van der Waals surface area contributed by atoms with Crippen LogP contribution in [0.3, 0.4) is 0 Å². The van der Waals surface area contributed by atoms with Gasteiger partial charge >= 0.3 is 5.97 Å². The third-order valence-corrected chi connectivity index (χ3v) is 8.10. The molecule has 1 fully saturated rings. The number of carbonyl (C=O) groups is 2. The molecule has 2 unspecified atom stereocenters. The first-order valence-electron chi connectivity index (χ1n) is 15.3. The van der Waals surface area contributed by atoms with E-state index < -0.39 is 47.7 Å². The quantitative estimate of drug-likeness (QED) is 0.291. The normalized spacial score (nSPS) is 26.8. The lowest BCUT2D eigenvalue weighted by Gasteiger charge is -2.34. The molecule has 1 aromatic carbocycles. The lowest BCUT2D eigenvalue weighted by atomic mass is 9.82. The van der Waals surface area contributed by atoms with Gasteiger partial charge in [0.15, 0.2) is 0 Å². The molecule has 1 aromatic rings. The second-order valence-corrected chi connectivity index (χ2v) is 12.1. The number of rotatable bonds is 8. The van der Waals surface area contributed by atoms with Gasteiger partial charge in [-0.15, -0.1) is 0 Å². The SMILES string of the molecule is CCOC(=O)C[C@@H]1NC(=O)[C@@H](N/C=C(\C)CCN2CC(F)C2)/C=C/C(C)(F)Oc2cc(C#N)cc(C)c2C2=CC1=C(F)C(C)C2. The van der Waals surface area contributed by atoms with Crippen molar-refractivity contribution in [1.29, 1.82) is 5.26 Å². The van der Waals surface area contributed by atoms with Gasteiger partial charge in [-0.2, -0.15) is 9.65 Å². The zero-order valence-corrected chi connectivity index (χ0v) is 26.4. The van der Waals surface area contributed by atoms with Gasteiger partial charge in [-0.05, 0) is 69.2 Å². The van der Waals surface area contributed by atoms with E-state index in [9.17, 15) is 19.2 Å². The first-order chi connectivity index (χ1) is 21.3. The first kappa shape index (κ1) is 33.8. The highest BCUT2D eigenvalue weighted by molar-refractivity contribution is 5.86. The molecule has 1 amide bonds. The van der Waals surface area contributed by atoms with Gasteiger partial charge in [0.25, 0.3) is 5.85 Å². The van der Waals surface area contributed by atoms with Crippen molar-refractivity contribution in [2.75, 3.05) is 26.2 Å². The largest absolute Gasteiger partial charge is 0.466 e. The highest BCUT2D eigenvalue weighted by atomic mass is 19.2. The van der Waals surface area contributed by atoms with Crippen molar-refractivity contribution < 1.29 is 32.2 Å². The molecule has 242 valence electrons. The summed E-state index contributed by atoms with van der Waals surface area (Å²) in [7, 11) is 0. The van der Waals surface area contributed by atoms with E-state index in [4.69, 9.17) is 9.47 Å². The Morgan fingerprint density at radius 3 is 2.76 bits per heavy atom. The topological polar surface area (TPSA) is 104 Å². The fraction of sp³-hybridized carbons (Fsp3) is 0.500. The summed E-state index contributed by atoms with van der Waals surface area (Å²) in [5.74, 6) is -4.65. The van der Waals surface area contributed by atoms with Crippen LogP contribution >= 0.6 is 0 Å². The average Bonchev–Trinajstić information content (AvgIpc) is 2.95. The minimum atomic E-state index is -2.40. The summed E-state index contributed by atoms with van der Waals surface area (Å²) in [5.41, 5.74) is 3.01. The van der Waals surface area contributed by atoms with Crippen LogP contribution in [-0.4, -0.2) is 67.1 Å². The zero-order chi connectivity index (χ0) is 32.9. The molecular formula is C34H41F3N4O4. The van der Waals surface area contributed by atoms with Crippen molar-refractivity contribution in [3.8, 4) is 11.8 Å². The predicted octanol–water partition coefficient (Wildman–Crippen LogP) is 5.49. The first-order valence-corrected chi connectivity index (χ1v) is 15.3. The summed E-state index contributed by atoms with van der Waals surface area (Å²) < 4.78 is 56.1. The Bertz CT molecular complexity index is 1470. The maximum absolute atomic E-state index is 16.0. The van der Waals surface area contributed by atoms with Gasteiger partial charge in [-0.1, -0.05) is 24.6 Å². The zero-order valence-electron chi connectivity index (χ0n) is 26.4. The van der Waals surface area contributed by atoms with Crippen LogP contribution < -0.4 is 15.4 Å². The van der Waals surface area contributed by atoms with E-state index in [1.807, 2.05) is 11.8 Å². The fourth-order valence-electron chi connectivity index (χ4n) is 5.72. The number of fused-ring (bicyclic) bond motifs is 3. The Morgan fingerprint density at radius 1 is 1.36 bits per heavy atom. The summed E-state index contributed by atoms with van der Waals surface area (Å²) in [5, 5.41) is 15.4. The molecule has 3 aliphatic rings. The number of hydrogen-bond acceptors (Lipinski definition) is 7. The van der Waals surface area contributed by atoms with Crippen molar-refractivity contribution in [2.45, 2.75) is 78.0 Å². The lowest BCUT2D eigenvalue weighted by Crippen LogP contribution is -2.48. The molecule has 11 heteroatoms. The number of nitrogens with one attached hydrogen (secondary N) is 2. The van der Waals surface area contributed by atoms with Crippen LogP contribution in [-0.2, 0) is 14.3 Å². The number of nitrogens with zero attached hydrogens (tertiary/aromatic N) is 2. The van der Waals surface area contributed by atoms with Gasteiger partial charge in [-0.3, -0.25) is 14.5 Å². The lowest BCUT2D eigenvalue weighted by molar-refractivity contribution is -0.143. The van der Waals surface area contributed by atoms with Gasteiger partial charge in [-0.25, -0.2) is 8.78 Å². The van der Waals surface area contributed by atoms with Crippen molar-refractivity contribution in [1.82, 2.24) is 15.5 Å². The van der Waals surface area contributed by atoms with E-state index in [2.05, 4.69) is 16.7 Å². The van der Waals surface area contributed by atoms with Crippen LogP contribution in [0, 0.1) is 24.2 Å². The van der Waals surface area contributed by atoms with E-state index in [0.29, 0.717) is 42.8 Å². The Kier molecular flexibility index (Phi) is 10.8. The summed E-state index contributed by atoms with van der Waals surface area (Å²) in [6.45, 7) is 9.70. The summed E-state index contributed by atoms with van der Waals surface area (Å²) in [4.78, 5) is 28.4. The molecule has 4 rings (SSSR count). The van der Waals surface area contributed by atoms with Crippen molar-refractivity contribution >= 4 is 17.4 Å². The Morgan fingerprint density at radius 2 is 2.09 bits per heavy atom. The molecule has 2 bridgehead atoms. The van der Waals surface area contributed by atoms with Gasteiger partial charge in [0.05, 0.1) is 30.7 Å². The van der Waals surface area contributed by atoms with E-state index in [-0.39, 0.29) is 36.3 Å². The number of alkyl halides is 2. The number of likely N-dealkylation sites (tertiary alicyclic amines) is 1. The monoisotopic (exact) mass is 626 g/mol. The third kappa shape index (κ3) is 8.57. The number of carbonyl (C=O) groups excluding carboxylic acids is 2. The van der Waals surface area contributed by atoms with Crippen molar-refractivity contribution in [3.63, 3.8) is 0 Å². The Balaban J connectivity index is 1.77. The number of aryl methyl sites for hydroxylation is 1. The molecule has 1 aliphatic carbocycles. The molecule has 1 saturated heterocycles. The maximum Gasteiger partial charge on any atom is 0.308 e. The predicted molar refractivity (Wildman–Crippen MR) is 165 cm³/mol. The number of hydrogen-bond donors (Lipinski definition) is 2. The van der Waals surface area contributed by atoms with Gasteiger partial charge in [0, 0.05) is 43.6 Å². The molecule has 0 saturated carbocycles. The third-order valence-electron chi connectivity index (χ3n) is 8.10. The number of benzene rings is 1. The Hall–Kier alpha value is -4.04. The second kappa shape index (κ2) is 14.4. The van der Waals surface area contributed by atoms with Crippen LogP contribution in [0.15, 0.2) is 53.5 Å². The molecule has 2 heterocycles. The molecule has 0 spiro atoms. The number of ether oxygens (including phenoxy) is 2. The maximum atomic E-state index is 16.0. The second-order valence-electron chi connectivity index (χ2n) is 12.1. The van der Waals surface area contributed by atoms with E-state index in [1.165, 1.54) is 19.1 Å².